The predicted octanol–water partition coefficient (Wildman–Crippen LogP) is 2.51. The van der Waals surface area contributed by atoms with Crippen molar-refractivity contribution in [2.45, 2.75) is 66.2 Å². The molecule has 0 unspecified atom stereocenters. The Hall–Kier alpha value is -0.120. The summed E-state index contributed by atoms with van der Waals surface area (Å²) in [5, 5.41) is 3.43. The van der Waals surface area contributed by atoms with Gasteiger partial charge >= 0.3 is 0 Å². The van der Waals surface area contributed by atoms with Crippen LogP contribution in [0.4, 0.5) is 0 Å². The Morgan fingerprint density at radius 2 is 1.53 bits per heavy atom. The van der Waals surface area contributed by atoms with Gasteiger partial charge in [-0.05, 0) is 48.5 Å². The van der Waals surface area contributed by atoms with Crippen LogP contribution in [0.15, 0.2) is 0 Å². The summed E-state index contributed by atoms with van der Waals surface area (Å²) in [5.74, 6) is 0. The first-order valence-electron chi connectivity index (χ1n) is 6.84. The van der Waals surface area contributed by atoms with Gasteiger partial charge in [0.1, 0.15) is 0 Å². The van der Waals surface area contributed by atoms with E-state index in [-0.39, 0.29) is 5.60 Å². The van der Waals surface area contributed by atoms with Gasteiger partial charge < -0.3 is 10.1 Å². The van der Waals surface area contributed by atoms with Gasteiger partial charge in [0.25, 0.3) is 0 Å². The normalized spacial score (nSPS) is 13.1. The number of nitrogens with one attached hydrogen (secondary N) is 1. The van der Waals surface area contributed by atoms with E-state index in [1.807, 2.05) is 0 Å². The molecule has 0 saturated carbocycles. The van der Waals surface area contributed by atoms with Crippen LogP contribution in [0.1, 0.15) is 48.5 Å². The molecule has 0 fully saturated rings. The van der Waals surface area contributed by atoms with Crippen LogP contribution in [-0.4, -0.2) is 48.8 Å². The summed E-state index contributed by atoms with van der Waals surface area (Å²) in [6.07, 6.45) is 0. The van der Waals surface area contributed by atoms with E-state index in [2.05, 4.69) is 58.7 Å². The van der Waals surface area contributed by atoms with E-state index in [4.69, 9.17) is 4.74 Å². The molecule has 3 heteroatoms. The number of ether oxygens (including phenoxy) is 1. The molecule has 0 aliphatic carbocycles. The third kappa shape index (κ3) is 9.57. The summed E-state index contributed by atoms with van der Waals surface area (Å²) in [6, 6.07) is 1.23. The van der Waals surface area contributed by atoms with Gasteiger partial charge in [-0.25, -0.2) is 0 Å². The average Bonchev–Trinajstić information content (AvgIpc) is 2.13. The molecule has 0 spiro atoms. The van der Waals surface area contributed by atoms with Crippen molar-refractivity contribution >= 4 is 0 Å². The number of nitrogens with zero attached hydrogens (tertiary/aromatic N) is 1. The topological polar surface area (TPSA) is 24.5 Å². The highest BCUT2D eigenvalue weighted by molar-refractivity contribution is 4.68. The lowest BCUT2D eigenvalue weighted by molar-refractivity contribution is -0.000989. The van der Waals surface area contributed by atoms with Crippen LogP contribution in [0.2, 0.25) is 0 Å². The molecule has 0 bridgehead atoms. The number of hydrogen-bond acceptors (Lipinski definition) is 3. The Labute approximate surface area is 108 Å². The van der Waals surface area contributed by atoms with E-state index < -0.39 is 0 Å². The third-order valence-electron chi connectivity index (χ3n) is 2.69. The summed E-state index contributed by atoms with van der Waals surface area (Å²) in [6.45, 7) is 19.1. The van der Waals surface area contributed by atoms with Crippen LogP contribution in [-0.2, 0) is 4.74 Å². The molecule has 0 aliphatic heterocycles. The summed E-state index contributed by atoms with van der Waals surface area (Å²) >= 11 is 0. The van der Waals surface area contributed by atoms with Crippen molar-refractivity contribution in [3.05, 3.63) is 0 Å². The van der Waals surface area contributed by atoms with E-state index in [9.17, 15) is 0 Å². The smallest absolute Gasteiger partial charge is 0.0599 e. The largest absolute Gasteiger partial charge is 0.375 e. The Balaban J connectivity index is 3.56. The SMILES string of the molecule is CC(C)N(CCNCCOC(C)(C)C)C(C)C. The summed E-state index contributed by atoms with van der Waals surface area (Å²) in [5.41, 5.74) is -0.0242. The molecule has 0 aromatic carbocycles. The fourth-order valence-corrected chi connectivity index (χ4v) is 1.88. The Morgan fingerprint density at radius 1 is 1.00 bits per heavy atom. The molecule has 0 rings (SSSR count). The van der Waals surface area contributed by atoms with Crippen LogP contribution in [0, 0.1) is 0 Å². The lowest BCUT2D eigenvalue weighted by atomic mass is 10.2. The Morgan fingerprint density at radius 3 is 1.94 bits per heavy atom. The van der Waals surface area contributed by atoms with Crippen LogP contribution < -0.4 is 5.32 Å². The molecule has 0 heterocycles. The van der Waals surface area contributed by atoms with E-state index in [1.54, 1.807) is 0 Å². The van der Waals surface area contributed by atoms with Gasteiger partial charge in [0.15, 0.2) is 0 Å². The van der Waals surface area contributed by atoms with E-state index in [0.29, 0.717) is 12.1 Å². The second kappa shape index (κ2) is 8.06. The monoisotopic (exact) mass is 244 g/mol. The molecule has 0 atom stereocenters. The van der Waals surface area contributed by atoms with Crippen molar-refractivity contribution in [2.24, 2.45) is 0 Å². The highest BCUT2D eigenvalue weighted by Gasteiger charge is 2.12. The van der Waals surface area contributed by atoms with Crippen molar-refractivity contribution in [3.8, 4) is 0 Å². The van der Waals surface area contributed by atoms with Gasteiger partial charge in [-0.3, -0.25) is 4.90 Å². The Kier molecular flexibility index (Phi) is 8.01. The van der Waals surface area contributed by atoms with Crippen LogP contribution in [0.25, 0.3) is 0 Å². The summed E-state index contributed by atoms with van der Waals surface area (Å²) < 4.78 is 5.66. The molecule has 0 aliphatic rings. The molecule has 0 aromatic heterocycles. The highest BCUT2D eigenvalue weighted by Crippen LogP contribution is 2.05. The fourth-order valence-electron chi connectivity index (χ4n) is 1.88. The third-order valence-corrected chi connectivity index (χ3v) is 2.69. The van der Waals surface area contributed by atoms with Crippen LogP contribution in [0.5, 0.6) is 0 Å². The van der Waals surface area contributed by atoms with Crippen molar-refractivity contribution in [2.75, 3.05) is 26.2 Å². The van der Waals surface area contributed by atoms with Gasteiger partial charge in [-0.1, -0.05) is 0 Å². The first kappa shape index (κ1) is 16.9. The van der Waals surface area contributed by atoms with E-state index in [1.165, 1.54) is 0 Å². The maximum atomic E-state index is 5.66. The van der Waals surface area contributed by atoms with E-state index >= 15 is 0 Å². The van der Waals surface area contributed by atoms with E-state index in [0.717, 1.165) is 26.2 Å². The maximum absolute atomic E-state index is 5.66. The molecule has 104 valence electrons. The zero-order valence-electron chi connectivity index (χ0n) is 12.8. The summed E-state index contributed by atoms with van der Waals surface area (Å²) in [4.78, 5) is 2.50. The molecular formula is C14H32N2O. The molecular weight excluding hydrogens is 212 g/mol. The van der Waals surface area contributed by atoms with Crippen molar-refractivity contribution in [1.29, 1.82) is 0 Å². The van der Waals surface area contributed by atoms with Gasteiger partial charge in [-0.15, -0.1) is 0 Å². The second-order valence-corrected chi connectivity index (χ2v) is 6.14. The number of rotatable bonds is 8. The van der Waals surface area contributed by atoms with Crippen molar-refractivity contribution in [1.82, 2.24) is 10.2 Å². The van der Waals surface area contributed by atoms with Gasteiger partial charge in [0, 0.05) is 31.7 Å². The zero-order chi connectivity index (χ0) is 13.5. The average molecular weight is 244 g/mol. The predicted molar refractivity (Wildman–Crippen MR) is 75.6 cm³/mol. The molecule has 0 amide bonds. The Bertz CT molecular complexity index is 177. The quantitative estimate of drug-likeness (QED) is 0.664. The van der Waals surface area contributed by atoms with Gasteiger partial charge in [-0.2, -0.15) is 0 Å². The minimum absolute atomic E-state index is 0.0242. The van der Waals surface area contributed by atoms with Crippen LogP contribution >= 0.6 is 0 Å². The van der Waals surface area contributed by atoms with Crippen molar-refractivity contribution in [3.63, 3.8) is 0 Å². The highest BCUT2D eigenvalue weighted by atomic mass is 16.5. The lowest BCUT2D eigenvalue weighted by Gasteiger charge is -2.30. The molecule has 0 radical (unpaired) electrons. The minimum Gasteiger partial charge on any atom is -0.375 e. The zero-order valence-corrected chi connectivity index (χ0v) is 12.8. The first-order valence-corrected chi connectivity index (χ1v) is 6.84. The maximum Gasteiger partial charge on any atom is 0.0599 e. The van der Waals surface area contributed by atoms with Gasteiger partial charge in [0.05, 0.1) is 12.2 Å². The standard InChI is InChI=1S/C14H32N2O/c1-12(2)16(13(3)4)10-8-15-9-11-17-14(5,6)7/h12-13,15H,8-11H2,1-7H3. The first-order chi connectivity index (χ1) is 7.74. The van der Waals surface area contributed by atoms with Crippen LogP contribution in [0.3, 0.4) is 0 Å². The second-order valence-electron chi connectivity index (χ2n) is 6.14. The number of hydrogen-bond donors (Lipinski definition) is 1. The lowest BCUT2D eigenvalue weighted by Crippen LogP contribution is -2.42. The van der Waals surface area contributed by atoms with Crippen molar-refractivity contribution < 1.29 is 4.74 Å². The molecule has 0 saturated heterocycles. The molecule has 1 N–H and O–H groups in total. The minimum atomic E-state index is -0.0242. The molecule has 3 nitrogen and oxygen atoms in total. The summed E-state index contributed by atoms with van der Waals surface area (Å²) in [7, 11) is 0. The molecule has 17 heavy (non-hydrogen) atoms. The van der Waals surface area contributed by atoms with Gasteiger partial charge in [0.2, 0.25) is 0 Å². The molecule has 0 aromatic rings. The fraction of sp³-hybridized carbons (Fsp3) is 1.00.